The third kappa shape index (κ3) is 3.15. The van der Waals surface area contributed by atoms with Gasteiger partial charge in [-0.1, -0.05) is 60.1 Å². The van der Waals surface area contributed by atoms with E-state index in [4.69, 9.17) is 5.73 Å². The molecular formula is C33H48FN5O. The summed E-state index contributed by atoms with van der Waals surface area (Å²) in [6, 6.07) is 0. The SMILES string of the molecule is CC1(C)CC2C3=CCC4[C@@]5(C)Cc6c(N)n[nH]c6C(C)(C)C5CC[C@@]4(C)[C@]3(C)CC[C@@H]2[C@H](c2[nH][nH]c(=O)c2F)C1. The Balaban J connectivity index is 1.31. The number of hydrogen-bond donors (Lipinski definition) is 4. The number of allylic oxidation sites excluding steroid dienone is 2. The lowest BCUT2D eigenvalue weighted by atomic mass is 9.34. The third-order valence-electron chi connectivity index (χ3n) is 13.8. The van der Waals surface area contributed by atoms with Gasteiger partial charge in [0.05, 0.1) is 5.69 Å². The number of nitrogen functional groups attached to an aromatic ring is 1. The van der Waals surface area contributed by atoms with Crippen LogP contribution in [0.3, 0.4) is 0 Å². The Kier molecular flexibility index (Phi) is 5.28. The van der Waals surface area contributed by atoms with Gasteiger partial charge in [-0.15, -0.1) is 0 Å². The van der Waals surface area contributed by atoms with Crippen molar-refractivity contribution in [3.63, 3.8) is 0 Å². The second-order valence-corrected chi connectivity index (χ2v) is 16.5. The maximum absolute atomic E-state index is 15.0. The second kappa shape index (κ2) is 7.95. The number of H-pyrrole nitrogens is 3. The molecule has 0 aromatic carbocycles. The first-order chi connectivity index (χ1) is 18.6. The molecule has 7 rings (SSSR count). The molecular weight excluding hydrogens is 501 g/mol. The quantitative estimate of drug-likeness (QED) is 0.288. The molecule has 218 valence electrons. The van der Waals surface area contributed by atoms with E-state index in [1.165, 1.54) is 24.1 Å². The van der Waals surface area contributed by atoms with Crippen LogP contribution in [0.1, 0.15) is 116 Å². The van der Waals surface area contributed by atoms with Crippen molar-refractivity contribution in [1.29, 1.82) is 0 Å². The molecule has 5 aliphatic carbocycles. The smallest absolute Gasteiger partial charge is 0.300 e. The predicted octanol–water partition coefficient (Wildman–Crippen LogP) is 6.99. The van der Waals surface area contributed by atoms with E-state index in [9.17, 15) is 4.79 Å². The summed E-state index contributed by atoms with van der Waals surface area (Å²) in [5, 5.41) is 13.3. The average Bonchev–Trinajstić information content (AvgIpc) is 3.40. The van der Waals surface area contributed by atoms with Gasteiger partial charge in [-0.05, 0) is 96.7 Å². The molecule has 0 spiro atoms. The van der Waals surface area contributed by atoms with Crippen LogP contribution in [0.5, 0.6) is 0 Å². The van der Waals surface area contributed by atoms with Crippen LogP contribution >= 0.6 is 0 Å². The maximum atomic E-state index is 15.0. The van der Waals surface area contributed by atoms with E-state index in [2.05, 4.69) is 74.9 Å². The van der Waals surface area contributed by atoms with Crippen molar-refractivity contribution in [2.45, 2.75) is 111 Å². The Hall–Kier alpha value is -2.31. The lowest BCUT2D eigenvalue weighted by molar-refractivity contribution is -0.153. The van der Waals surface area contributed by atoms with Gasteiger partial charge < -0.3 is 5.73 Å². The van der Waals surface area contributed by atoms with Crippen LogP contribution in [-0.4, -0.2) is 20.4 Å². The molecule has 40 heavy (non-hydrogen) atoms. The molecule has 0 aliphatic heterocycles. The molecule has 0 bridgehead atoms. The van der Waals surface area contributed by atoms with Gasteiger partial charge in [0.1, 0.15) is 5.82 Å². The van der Waals surface area contributed by atoms with Crippen LogP contribution in [0.25, 0.3) is 0 Å². The highest BCUT2D eigenvalue weighted by molar-refractivity contribution is 5.49. The second-order valence-electron chi connectivity index (χ2n) is 16.5. The molecule has 5 aliphatic rings. The number of nitrogens with zero attached hydrogens (tertiary/aromatic N) is 1. The summed E-state index contributed by atoms with van der Waals surface area (Å²) < 4.78 is 15.0. The first-order valence-corrected chi connectivity index (χ1v) is 15.6. The van der Waals surface area contributed by atoms with Crippen molar-refractivity contribution in [3.8, 4) is 0 Å². The number of anilines is 1. The Morgan fingerprint density at radius 2 is 1.70 bits per heavy atom. The number of hydrogen-bond acceptors (Lipinski definition) is 3. The van der Waals surface area contributed by atoms with E-state index in [-0.39, 0.29) is 33.0 Å². The van der Waals surface area contributed by atoms with Crippen molar-refractivity contribution in [1.82, 2.24) is 20.4 Å². The van der Waals surface area contributed by atoms with Crippen LogP contribution in [0, 0.1) is 51.1 Å². The highest BCUT2D eigenvalue weighted by Crippen LogP contribution is 2.74. The molecule has 3 saturated carbocycles. The molecule has 3 fully saturated rings. The van der Waals surface area contributed by atoms with Crippen molar-refractivity contribution < 1.29 is 4.39 Å². The fourth-order valence-corrected chi connectivity index (χ4v) is 12.0. The number of rotatable bonds is 1. The molecule has 0 amide bonds. The van der Waals surface area contributed by atoms with Gasteiger partial charge in [-0.2, -0.15) is 9.49 Å². The van der Waals surface area contributed by atoms with Crippen molar-refractivity contribution >= 4 is 5.82 Å². The van der Waals surface area contributed by atoms with Crippen molar-refractivity contribution in [2.24, 2.45) is 45.3 Å². The lowest BCUT2D eigenvalue weighted by Crippen LogP contribution is -2.63. The topological polar surface area (TPSA) is 103 Å². The van der Waals surface area contributed by atoms with E-state index in [1.807, 2.05) is 0 Å². The molecule has 2 heterocycles. The summed E-state index contributed by atoms with van der Waals surface area (Å²) in [6.07, 6.45) is 11.4. The van der Waals surface area contributed by atoms with Crippen molar-refractivity contribution in [2.75, 3.05) is 5.73 Å². The minimum atomic E-state index is -0.621. The largest absolute Gasteiger partial charge is 0.382 e. The van der Waals surface area contributed by atoms with Crippen LogP contribution in [0.4, 0.5) is 10.2 Å². The minimum absolute atomic E-state index is 0.00893. The predicted molar refractivity (Wildman–Crippen MR) is 156 cm³/mol. The molecule has 0 saturated heterocycles. The van der Waals surface area contributed by atoms with Crippen LogP contribution in [0.15, 0.2) is 16.4 Å². The Labute approximate surface area is 237 Å². The Morgan fingerprint density at radius 1 is 0.975 bits per heavy atom. The van der Waals surface area contributed by atoms with E-state index >= 15 is 4.39 Å². The van der Waals surface area contributed by atoms with Gasteiger partial charge in [0, 0.05) is 22.6 Å². The number of fused-ring (bicyclic) bond motifs is 8. The van der Waals surface area contributed by atoms with Gasteiger partial charge in [0.15, 0.2) is 0 Å². The summed E-state index contributed by atoms with van der Waals surface area (Å²) in [6.45, 7) is 17.2. The van der Waals surface area contributed by atoms with Gasteiger partial charge in [-0.25, -0.2) is 0 Å². The summed E-state index contributed by atoms with van der Waals surface area (Å²) in [5.41, 5.74) is 11.0. The summed E-state index contributed by atoms with van der Waals surface area (Å²) in [7, 11) is 0. The molecule has 2 aromatic rings. The van der Waals surface area contributed by atoms with Crippen LogP contribution in [-0.2, 0) is 11.8 Å². The van der Waals surface area contributed by atoms with Crippen LogP contribution < -0.4 is 11.3 Å². The zero-order valence-electron chi connectivity index (χ0n) is 25.4. The fraction of sp³-hybridized carbons (Fsp3) is 0.758. The van der Waals surface area contributed by atoms with Gasteiger partial charge in [-0.3, -0.25) is 20.1 Å². The molecule has 3 unspecified atom stereocenters. The molecule has 0 radical (unpaired) electrons. The number of halogens is 1. The number of aromatic amines is 3. The van der Waals surface area contributed by atoms with E-state index in [0.29, 0.717) is 35.2 Å². The molecule has 7 heteroatoms. The minimum Gasteiger partial charge on any atom is -0.382 e. The number of aromatic nitrogens is 4. The van der Waals surface area contributed by atoms with E-state index in [0.717, 1.165) is 38.5 Å². The van der Waals surface area contributed by atoms with Crippen LogP contribution in [0.2, 0.25) is 0 Å². The highest BCUT2D eigenvalue weighted by atomic mass is 19.1. The average molecular weight is 550 g/mol. The summed E-state index contributed by atoms with van der Waals surface area (Å²) in [4.78, 5) is 12.1. The molecule has 8 atom stereocenters. The zero-order chi connectivity index (χ0) is 28.6. The zero-order valence-corrected chi connectivity index (χ0v) is 25.4. The molecule has 5 N–H and O–H groups in total. The van der Waals surface area contributed by atoms with Gasteiger partial charge in [0.2, 0.25) is 5.82 Å². The monoisotopic (exact) mass is 549 g/mol. The first kappa shape index (κ1) is 26.6. The van der Waals surface area contributed by atoms with E-state index in [1.54, 1.807) is 5.57 Å². The molecule has 6 nitrogen and oxygen atoms in total. The van der Waals surface area contributed by atoms with Gasteiger partial charge in [0.25, 0.3) is 5.56 Å². The highest BCUT2D eigenvalue weighted by Gasteiger charge is 2.67. The molecule has 2 aromatic heterocycles. The first-order valence-electron chi connectivity index (χ1n) is 15.6. The maximum Gasteiger partial charge on any atom is 0.300 e. The third-order valence-corrected chi connectivity index (χ3v) is 13.8. The standard InChI is InChI=1S/C33H48FN5O/c1-29(2)14-18-17(19(15-29)25-24(34)28(40)39-36-25)10-12-32(6)21(18)8-9-23-31(5)16-20-26(37-38-27(20)35)30(3,4)22(31)11-13-33(23,32)7/h8,17-19,22-23H,9-16H2,1-7H3,(H3,35,37,38)(H2,36,39,40)/t17-,18?,19+,22?,23?,31-,32+,33+/m0/s1. The number of nitrogens with one attached hydrogen (secondary N) is 3. The normalized spacial score (nSPS) is 43.0. The lowest BCUT2D eigenvalue weighted by Gasteiger charge is -2.70. The van der Waals surface area contributed by atoms with Crippen molar-refractivity contribution in [3.05, 3.63) is 44.8 Å². The summed E-state index contributed by atoms with van der Waals surface area (Å²) in [5.74, 6) is 2.04. The number of nitrogens with two attached hydrogens (primary N) is 1. The van der Waals surface area contributed by atoms with Gasteiger partial charge >= 0.3 is 0 Å². The Bertz CT molecular complexity index is 1460. The summed E-state index contributed by atoms with van der Waals surface area (Å²) >= 11 is 0. The Morgan fingerprint density at radius 3 is 2.40 bits per heavy atom. The van der Waals surface area contributed by atoms with E-state index < -0.39 is 11.4 Å². The fourth-order valence-electron chi connectivity index (χ4n) is 12.0.